The number of nitrogens with zero attached hydrogens (tertiary/aromatic N) is 2. The van der Waals surface area contributed by atoms with Crippen LogP contribution in [-0.4, -0.2) is 55.3 Å². The number of likely N-dealkylation sites (tertiary alicyclic amines) is 1. The van der Waals surface area contributed by atoms with E-state index in [1.165, 1.54) is 44.9 Å². The largest absolute Gasteiger partial charge is 0.465 e. The van der Waals surface area contributed by atoms with E-state index in [1.54, 1.807) is 0 Å². The third-order valence-corrected chi connectivity index (χ3v) is 6.61. The number of aliphatic hydroxyl groups excluding tert-OH is 1. The van der Waals surface area contributed by atoms with Crippen LogP contribution in [0.5, 0.6) is 0 Å². The SMILES string of the molecule is CCNC(=NCC1(CCO)CCCCC1)NCC(c1ccc(C)o1)N1CCCC1.I. The van der Waals surface area contributed by atoms with Crippen molar-refractivity contribution in [3.05, 3.63) is 23.7 Å². The summed E-state index contributed by atoms with van der Waals surface area (Å²) < 4.78 is 5.98. The number of hydrogen-bond donors (Lipinski definition) is 3. The molecule has 0 aromatic carbocycles. The Labute approximate surface area is 199 Å². The monoisotopic (exact) mass is 532 g/mol. The summed E-state index contributed by atoms with van der Waals surface area (Å²) in [4.78, 5) is 7.48. The van der Waals surface area contributed by atoms with E-state index in [0.29, 0.717) is 0 Å². The number of rotatable bonds is 9. The first-order valence-corrected chi connectivity index (χ1v) is 11.6. The van der Waals surface area contributed by atoms with E-state index in [9.17, 15) is 5.11 Å². The zero-order valence-electron chi connectivity index (χ0n) is 18.8. The zero-order valence-corrected chi connectivity index (χ0v) is 21.1. The molecule has 172 valence electrons. The maximum atomic E-state index is 9.58. The van der Waals surface area contributed by atoms with Gasteiger partial charge in [0.2, 0.25) is 0 Å². The van der Waals surface area contributed by atoms with Gasteiger partial charge in [0.1, 0.15) is 11.5 Å². The van der Waals surface area contributed by atoms with Gasteiger partial charge in [0, 0.05) is 26.2 Å². The Morgan fingerprint density at radius 1 is 1.17 bits per heavy atom. The standard InChI is InChI=1S/C23H40N4O2.HI/c1-3-24-22(26-18-23(13-16-28)11-5-4-6-12-23)25-17-20(27-14-7-8-15-27)21-10-9-19(2)29-21;/h9-10,20,28H,3-8,11-18H2,1-2H3,(H2,24,25,26);1H. The number of furan rings is 1. The summed E-state index contributed by atoms with van der Waals surface area (Å²) in [5.41, 5.74) is 0.168. The van der Waals surface area contributed by atoms with Gasteiger partial charge in [0.15, 0.2) is 5.96 Å². The maximum absolute atomic E-state index is 9.58. The number of hydrogen-bond acceptors (Lipinski definition) is 4. The lowest BCUT2D eigenvalue weighted by Crippen LogP contribution is -2.43. The molecule has 1 unspecified atom stereocenters. The fourth-order valence-electron chi connectivity index (χ4n) is 4.90. The number of halogens is 1. The van der Waals surface area contributed by atoms with Crippen LogP contribution >= 0.6 is 24.0 Å². The molecule has 1 atom stereocenters. The Bertz CT molecular complexity index is 631. The van der Waals surface area contributed by atoms with Crippen LogP contribution in [0.15, 0.2) is 21.5 Å². The summed E-state index contributed by atoms with van der Waals surface area (Å²) >= 11 is 0. The van der Waals surface area contributed by atoms with Crippen molar-refractivity contribution in [3.8, 4) is 0 Å². The van der Waals surface area contributed by atoms with E-state index in [-0.39, 0.29) is 42.0 Å². The molecule has 1 aromatic heterocycles. The van der Waals surface area contributed by atoms with E-state index >= 15 is 0 Å². The first kappa shape index (κ1) is 25.5. The van der Waals surface area contributed by atoms with Crippen LogP contribution in [0.25, 0.3) is 0 Å². The van der Waals surface area contributed by atoms with Crippen molar-refractivity contribution in [2.24, 2.45) is 10.4 Å². The fourth-order valence-corrected chi connectivity index (χ4v) is 4.90. The highest BCUT2D eigenvalue weighted by Crippen LogP contribution is 2.39. The number of nitrogens with one attached hydrogen (secondary N) is 2. The highest BCUT2D eigenvalue weighted by Gasteiger charge is 2.31. The Hall–Kier alpha value is -0.800. The molecule has 0 bridgehead atoms. The maximum Gasteiger partial charge on any atom is 0.191 e. The summed E-state index contributed by atoms with van der Waals surface area (Å²) in [7, 11) is 0. The minimum absolute atomic E-state index is 0. The molecule has 1 aliphatic heterocycles. The molecule has 7 heteroatoms. The van der Waals surface area contributed by atoms with E-state index < -0.39 is 0 Å². The van der Waals surface area contributed by atoms with E-state index in [1.807, 2.05) is 6.92 Å². The summed E-state index contributed by atoms with van der Waals surface area (Å²) in [6, 6.07) is 4.40. The van der Waals surface area contributed by atoms with Crippen LogP contribution in [0.2, 0.25) is 0 Å². The second-order valence-corrected chi connectivity index (χ2v) is 8.82. The number of guanidine groups is 1. The zero-order chi connectivity index (χ0) is 20.5. The van der Waals surface area contributed by atoms with Crippen molar-refractivity contribution in [2.75, 3.05) is 39.3 Å². The predicted octanol–water partition coefficient (Wildman–Crippen LogP) is 4.23. The van der Waals surface area contributed by atoms with Crippen LogP contribution in [0.1, 0.15) is 75.9 Å². The van der Waals surface area contributed by atoms with Crippen molar-refractivity contribution in [3.63, 3.8) is 0 Å². The van der Waals surface area contributed by atoms with E-state index in [4.69, 9.17) is 9.41 Å². The second-order valence-electron chi connectivity index (χ2n) is 8.82. The molecule has 2 aliphatic rings. The van der Waals surface area contributed by atoms with Crippen molar-refractivity contribution >= 4 is 29.9 Å². The predicted molar refractivity (Wildman–Crippen MR) is 134 cm³/mol. The average Bonchev–Trinajstić information content (AvgIpc) is 3.40. The smallest absolute Gasteiger partial charge is 0.191 e. The van der Waals surface area contributed by atoms with Gasteiger partial charge in [-0.25, -0.2) is 0 Å². The second kappa shape index (κ2) is 12.9. The Morgan fingerprint density at radius 3 is 2.50 bits per heavy atom. The lowest BCUT2D eigenvalue weighted by Gasteiger charge is -2.36. The van der Waals surface area contributed by atoms with E-state index in [0.717, 1.165) is 56.6 Å². The molecule has 1 saturated carbocycles. The molecule has 6 nitrogen and oxygen atoms in total. The Balaban J connectivity index is 0.00000320. The van der Waals surface area contributed by atoms with Crippen molar-refractivity contribution < 1.29 is 9.52 Å². The molecular weight excluding hydrogens is 491 g/mol. The molecule has 3 rings (SSSR count). The Morgan fingerprint density at radius 2 is 1.90 bits per heavy atom. The first-order valence-electron chi connectivity index (χ1n) is 11.6. The van der Waals surface area contributed by atoms with Crippen molar-refractivity contribution in [2.45, 2.75) is 71.3 Å². The summed E-state index contributed by atoms with van der Waals surface area (Å²) in [6.45, 7) is 9.03. The summed E-state index contributed by atoms with van der Waals surface area (Å²) in [6.07, 6.45) is 9.56. The first-order chi connectivity index (χ1) is 14.2. The van der Waals surface area contributed by atoms with E-state index in [2.05, 4.69) is 34.6 Å². The third-order valence-electron chi connectivity index (χ3n) is 6.61. The summed E-state index contributed by atoms with van der Waals surface area (Å²) in [5, 5.41) is 16.6. The summed E-state index contributed by atoms with van der Waals surface area (Å²) in [5.74, 6) is 2.88. The fraction of sp³-hybridized carbons (Fsp3) is 0.783. The lowest BCUT2D eigenvalue weighted by atomic mass is 9.72. The van der Waals surface area contributed by atoms with Gasteiger partial charge in [-0.1, -0.05) is 19.3 Å². The molecule has 1 aliphatic carbocycles. The number of aliphatic imine (C=N–C) groups is 1. The number of aliphatic hydroxyl groups is 1. The highest BCUT2D eigenvalue weighted by atomic mass is 127. The van der Waals surface area contributed by atoms with Gasteiger partial charge in [0.25, 0.3) is 0 Å². The topological polar surface area (TPSA) is 73.0 Å². The molecule has 3 N–H and O–H groups in total. The van der Waals surface area contributed by atoms with Crippen LogP contribution in [0, 0.1) is 12.3 Å². The van der Waals surface area contributed by atoms with Gasteiger partial charge in [0.05, 0.1) is 6.04 Å². The molecule has 2 heterocycles. The lowest BCUT2D eigenvalue weighted by molar-refractivity contribution is 0.137. The molecule has 1 aromatic rings. The van der Waals surface area contributed by atoms with Crippen molar-refractivity contribution in [1.29, 1.82) is 0 Å². The van der Waals surface area contributed by atoms with Crippen LogP contribution in [0.3, 0.4) is 0 Å². The Kier molecular flexibility index (Phi) is 11.0. The van der Waals surface area contributed by atoms with Gasteiger partial charge in [-0.2, -0.15) is 0 Å². The molecule has 1 saturated heterocycles. The number of aryl methyl sites for hydroxylation is 1. The third kappa shape index (κ3) is 7.12. The molecule has 30 heavy (non-hydrogen) atoms. The van der Waals surface area contributed by atoms with Crippen molar-refractivity contribution in [1.82, 2.24) is 15.5 Å². The molecule has 0 spiro atoms. The van der Waals surface area contributed by atoms with Gasteiger partial charge < -0.3 is 20.2 Å². The van der Waals surface area contributed by atoms with Gasteiger partial charge in [-0.3, -0.25) is 9.89 Å². The van der Waals surface area contributed by atoms with Crippen LogP contribution in [-0.2, 0) is 0 Å². The quantitative estimate of drug-likeness (QED) is 0.252. The van der Waals surface area contributed by atoms with Gasteiger partial charge in [-0.15, -0.1) is 24.0 Å². The molecule has 0 amide bonds. The normalized spacial score (nSPS) is 20.6. The molecule has 0 radical (unpaired) electrons. The average molecular weight is 533 g/mol. The molecule has 2 fully saturated rings. The molecular formula is C23H41IN4O2. The van der Waals surface area contributed by atoms with Crippen LogP contribution < -0.4 is 10.6 Å². The van der Waals surface area contributed by atoms with Gasteiger partial charge in [-0.05, 0) is 76.6 Å². The highest BCUT2D eigenvalue weighted by molar-refractivity contribution is 14.0. The minimum atomic E-state index is 0. The van der Waals surface area contributed by atoms with Crippen LogP contribution in [0.4, 0.5) is 0 Å². The van der Waals surface area contributed by atoms with Gasteiger partial charge >= 0.3 is 0 Å². The minimum Gasteiger partial charge on any atom is -0.465 e.